The molecule has 2 unspecified atom stereocenters. The van der Waals surface area contributed by atoms with Crippen LogP contribution in [-0.2, 0) is 28.7 Å². The Morgan fingerprint density at radius 2 is 1.81 bits per heavy atom. The molecule has 1 aromatic carbocycles. The van der Waals surface area contributed by atoms with Crippen LogP contribution in [0.1, 0.15) is 64.1 Å². The number of nitrogens with two attached hydrogens (primary N) is 1. The third-order valence-electron chi connectivity index (χ3n) is 4.97. The van der Waals surface area contributed by atoms with Gasteiger partial charge < -0.3 is 30.7 Å². The molecule has 1 rings (SSSR count). The first-order valence-corrected chi connectivity index (χ1v) is 11.8. The normalized spacial score (nSPS) is 12.6. The lowest BCUT2D eigenvalue weighted by Crippen LogP contribution is -2.53. The van der Waals surface area contributed by atoms with Crippen LogP contribution in [0.3, 0.4) is 0 Å². The molecule has 0 aromatic heterocycles. The Morgan fingerprint density at radius 3 is 2.33 bits per heavy atom. The summed E-state index contributed by atoms with van der Waals surface area (Å²) in [5.74, 6) is -2.49. The van der Waals surface area contributed by atoms with Gasteiger partial charge in [-0.15, -0.1) is 0 Å². The van der Waals surface area contributed by atoms with E-state index in [-0.39, 0.29) is 25.9 Å². The van der Waals surface area contributed by atoms with Crippen molar-refractivity contribution < 1.29 is 33.4 Å². The third kappa shape index (κ3) is 10.3. The molecule has 0 heterocycles. The van der Waals surface area contributed by atoms with Crippen molar-refractivity contribution in [2.45, 2.75) is 71.6 Å². The Kier molecular flexibility index (Phi) is 11.9. The van der Waals surface area contributed by atoms with Gasteiger partial charge in [0.1, 0.15) is 24.2 Å². The predicted octanol–water partition coefficient (Wildman–Crippen LogP) is 1.72. The topological polar surface area (TPSA) is 157 Å². The van der Waals surface area contributed by atoms with Gasteiger partial charge in [0.05, 0.1) is 7.11 Å². The zero-order valence-corrected chi connectivity index (χ0v) is 21.9. The fraction of sp³-hybridized carbons (Fsp3) is 0.560. The molecule has 200 valence electrons. The number of aryl methyl sites for hydroxylation is 1. The average molecular weight is 507 g/mol. The van der Waals surface area contributed by atoms with Gasteiger partial charge in [0, 0.05) is 13.0 Å². The molecule has 0 spiro atoms. The first kappa shape index (κ1) is 30.4. The van der Waals surface area contributed by atoms with Crippen molar-refractivity contribution in [3.63, 3.8) is 0 Å². The highest BCUT2D eigenvalue weighted by Crippen LogP contribution is 2.24. The molecule has 0 fully saturated rings. The molecule has 11 nitrogen and oxygen atoms in total. The number of hydrogen-bond donors (Lipinski definition) is 3. The van der Waals surface area contributed by atoms with Crippen LogP contribution >= 0.6 is 0 Å². The molecule has 4 N–H and O–H groups in total. The summed E-state index contributed by atoms with van der Waals surface area (Å²) in [6.07, 6.45) is -0.606. The highest BCUT2D eigenvalue weighted by molar-refractivity contribution is 5.93. The monoisotopic (exact) mass is 506 g/mol. The lowest BCUT2D eigenvalue weighted by molar-refractivity contribution is -0.144. The van der Waals surface area contributed by atoms with E-state index in [1.54, 1.807) is 39.0 Å². The third-order valence-corrected chi connectivity index (χ3v) is 4.97. The van der Waals surface area contributed by atoms with Crippen molar-refractivity contribution in [1.82, 2.24) is 15.5 Å². The number of nitrogens with zero attached hydrogens (tertiary/aromatic N) is 1. The summed E-state index contributed by atoms with van der Waals surface area (Å²) in [6.45, 7) is 8.48. The van der Waals surface area contributed by atoms with Crippen LogP contribution in [0.25, 0.3) is 0 Å². The molecule has 0 bridgehead atoms. The maximum atomic E-state index is 13.8. The van der Waals surface area contributed by atoms with Crippen LogP contribution in [-0.4, -0.2) is 66.5 Å². The van der Waals surface area contributed by atoms with E-state index in [4.69, 9.17) is 10.5 Å². The van der Waals surface area contributed by atoms with Crippen LogP contribution in [0.15, 0.2) is 24.3 Å². The van der Waals surface area contributed by atoms with Gasteiger partial charge >= 0.3 is 12.1 Å². The number of carbonyl (C=O) groups excluding carboxylic acids is 5. The van der Waals surface area contributed by atoms with Crippen LogP contribution in [0.4, 0.5) is 4.79 Å². The van der Waals surface area contributed by atoms with Gasteiger partial charge in [0.25, 0.3) is 0 Å². The lowest BCUT2D eigenvalue weighted by Gasteiger charge is -2.34. The molecule has 0 aliphatic carbocycles. The van der Waals surface area contributed by atoms with Crippen LogP contribution in [0, 0.1) is 6.92 Å². The second-order valence-electron chi connectivity index (χ2n) is 9.35. The number of nitrogens with one attached hydrogen (secondary N) is 2. The van der Waals surface area contributed by atoms with Crippen molar-refractivity contribution in [2.24, 2.45) is 5.73 Å². The zero-order chi connectivity index (χ0) is 27.5. The summed E-state index contributed by atoms with van der Waals surface area (Å²) >= 11 is 0. The maximum absolute atomic E-state index is 13.8. The summed E-state index contributed by atoms with van der Waals surface area (Å²) in [5, 5.41) is 5.03. The highest BCUT2D eigenvalue weighted by atomic mass is 16.6. The Hall–Kier alpha value is -3.63. The molecule has 0 aliphatic rings. The minimum atomic E-state index is -1.18. The molecule has 4 amide bonds. The predicted molar refractivity (Wildman–Crippen MR) is 133 cm³/mol. The maximum Gasteiger partial charge on any atom is 0.408 e. The molecule has 0 radical (unpaired) electrons. The molecular formula is C25H38N4O7. The Bertz CT molecular complexity index is 943. The van der Waals surface area contributed by atoms with Gasteiger partial charge in [-0.2, -0.15) is 0 Å². The fourth-order valence-electron chi connectivity index (χ4n) is 3.44. The summed E-state index contributed by atoms with van der Waals surface area (Å²) in [6, 6.07) is 4.77. The van der Waals surface area contributed by atoms with E-state index in [1.165, 1.54) is 12.0 Å². The van der Waals surface area contributed by atoms with E-state index < -0.39 is 47.5 Å². The quantitative estimate of drug-likeness (QED) is 0.364. The number of esters is 1. The number of benzene rings is 1. The summed E-state index contributed by atoms with van der Waals surface area (Å²) < 4.78 is 9.88. The van der Waals surface area contributed by atoms with E-state index in [1.807, 2.05) is 19.9 Å². The Labute approximate surface area is 212 Å². The van der Waals surface area contributed by atoms with Crippen molar-refractivity contribution in [3.8, 4) is 0 Å². The number of rotatable bonds is 12. The minimum Gasteiger partial charge on any atom is -0.468 e. The Morgan fingerprint density at radius 1 is 1.14 bits per heavy atom. The van der Waals surface area contributed by atoms with Gasteiger partial charge in [0.15, 0.2) is 0 Å². The minimum absolute atomic E-state index is 0.0854. The van der Waals surface area contributed by atoms with Crippen molar-refractivity contribution in [3.05, 3.63) is 35.4 Å². The number of carbonyl (C=O) groups is 5. The van der Waals surface area contributed by atoms with Gasteiger partial charge in [0.2, 0.25) is 17.7 Å². The standard InChI is InChI=1S/C25H38N4O7/c1-7-13-29(23(33)18(11-12-19(26)30)28-24(34)36-25(3,4)5)21(17-10-8-9-16(2)14-17)22(32)27-15-20(31)35-6/h8-10,14,18,21H,7,11-13,15H2,1-6H3,(H2,26,30)(H,27,32)(H,28,34). The molecular weight excluding hydrogens is 468 g/mol. The number of alkyl carbamates (subject to hydrolysis) is 1. The van der Waals surface area contributed by atoms with Crippen molar-refractivity contribution >= 4 is 29.8 Å². The van der Waals surface area contributed by atoms with E-state index in [2.05, 4.69) is 15.4 Å². The van der Waals surface area contributed by atoms with Crippen LogP contribution < -0.4 is 16.4 Å². The smallest absolute Gasteiger partial charge is 0.408 e. The highest BCUT2D eigenvalue weighted by Gasteiger charge is 2.36. The van der Waals surface area contributed by atoms with E-state index >= 15 is 0 Å². The molecule has 1 aromatic rings. The van der Waals surface area contributed by atoms with Crippen LogP contribution in [0.5, 0.6) is 0 Å². The van der Waals surface area contributed by atoms with Crippen molar-refractivity contribution in [2.75, 3.05) is 20.2 Å². The van der Waals surface area contributed by atoms with Crippen molar-refractivity contribution in [1.29, 1.82) is 0 Å². The number of hydrogen-bond acceptors (Lipinski definition) is 7. The molecule has 0 saturated heterocycles. The van der Waals surface area contributed by atoms with Gasteiger partial charge in [-0.25, -0.2) is 4.79 Å². The summed E-state index contributed by atoms with van der Waals surface area (Å²) in [4.78, 5) is 64.0. The number of amides is 4. The van der Waals surface area contributed by atoms with E-state index in [9.17, 15) is 24.0 Å². The van der Waals surface area contributed by atoms with Gasteiger partial charge in [-0.1, -0.05) is 36.8 Å². The van der Waals surface area contributed by atoms with Gasteiger partial charge in [-0.3, -0.25) is 19.2 Å². The molecule has 36 heavy (non-hydrogen) atoms. The largest absolute Gasteiger partial charge is 0.468 e. The molecule has 11 heteroatoms. The number of primary amides is 1. The number of methoxy groups -OCH3 is 1. The SMILES string of the molecule is CCCN(C(=O)C(CCC(N)=O)NC(=O)OC(C)(C)C)C(C(=O)NCC(=O)OC)c1cccc(C)c1. The van der Waals surface area contributed by atoms with Gasteiger partial charge in [-0.05, 0) is 46.1 Å². The first-order chi connectivity index (χ1) is 16.8. The molecule has 0 aliphatic heterocycles. The second kappa shape index (κ2) is 14.1. The van der Waals surface area contributed by atoms with E-state index in [0.29, 0.717) is 12.0 Å². The number of ether oxygens (including phenoxy) is 2. The second-order valence-corrected chi connectivity index (χ2v) is 9.35. The zero-order valence-electron chi connectivity index (χ0n) is 21.9. The van der Waals surface area contributed by atoms with E-state index in [0.717, 1.165) is 5.56 Å². The van der Waals surface area contributed by atoms with Crippen LogP contribution in [0.2, 0.25) is 0 Å². The summed E-state index contributed by atoms with van der Waals surface area (Å²) in [5.41, 5.74) is 5.85. The fourth-order valence-corrected chi connectivity index (χ4v) is 3.44. The lowest BCUT2D eigenvalue weighted by atomic mass is 9.99. The Balaban J connectivity index is 3.42. The average Bonchev–Trinajstić information content (AvgIpc) is 2.78. The molecule has 2 atom stereocenters. The molecule has 0 saturated carbocycles. The summed E-state index contributed by atoms with van der Waals surface area (Å²) in [7, 11) is 1.20. The first-order valence-electron chi connectivity index (χ1n) is 11.8.